The van der Waals surface area contributed by atoms with E-state index in [-0.39, 0.29) is 18.3 Å². The molecule has 1 aromatic carbocycles. The fourth-order valence-corrected chi connectivity index (χ4v) is 3.37. The van der Waals surface area contributed by atoms with Crippen molar-refractivity contribution in [1.29, 1.82) is 5.26 Å². The number of benzene rings is 1. The van der Waals surface area contributed by atoms with E-state index in [1.807, 2.05) is 17.9 Å². The smallest absolute Gasteiger partial charge is 0.237 e. The van der Waals surface area contributed by atoms with Gasteiger partial charge >= 0.3 is 0 Å². The fourth-order valence-electron chi connectivity index (χ4n) is 3.37. The Hall–Kier alpha value is -1.93. The van der Waals surface area contributed by atoms with Crippen LogP contribution in [0.3, 0.4) is 0 Å². The Bertz CT molecular complexity index is 605. The summed E-state index contributed by atoms with van der Waals surface area (Å²) in [5.41, 5.74) is 0.188. The van der Waals surface area contributed by atoms with E-state index >= 15 is 0 Å². The van der Waals surface area contributed by atoms with E-state index in [1.165, 1.54) is 12.1 Å². The van der Waals surface area contributed by atoms with Crippen molar-refractivity contribution in [3.05, 3.63) is 35.6 Å². The summed E-state index contributed by atoms with van der Waals surface area (Å²) >= 11 is 0. The molecule has 0 N–H and O–H groups in total. The third kappa shape index (κ3) is 4.33. The predicted molar refractivity (Wildman–Crippen MR) is 91.6 cm³/mol. The molecule has 24 heavy (non-hydrogen) atoms. The second-order valence-electron chi connectivity index (χ2n) is 6.59. The number of nitrogens with zero attached hydrogens (tertiary/aromatic N) is 3. The van der Waals surface area contributed by atoms with Crippen LogP contribution in [0.25, 0.3) is 0 Å². The summed E-state index contributed by atoms with van der Waals surface area (Å²) in [6.45, 7) is 3.43. The van der Waals surface area contributed by atoms with Crippen molar-refractivity contribution in [2.45, 2.75) is 51.1 Å². The van der Waals surface area contributed by atoms with E-state index in [0.717, 1.165) is 37.7 Å². The highest BCUT2D eigenvalue weighted by atomic mass is 19.1. The largest absolute Gasteiger partial charge is 0.326 e. The molecule has 0 unspecified atom stereocenters. The Morgan fingerprint density at radius 2 is 2.04 bits per heavy atom. The highest BCUT2D eigenvalue weighted by molar-refractivity contribution is 5.79. The van der Waals surface area contributed by atoms with Crippen LogP contribution in [0.15, 0.2) is 24.3 Å². The summed E-state index contributed by atoms with van der Waals surface area (Å²) in [7, 11) is 1.74. The molecular formula is C19H26FN3O. The zero-order valence-corrected chi connectivity index (χ0v) is 14.6. The molecule has 4 nitrogen and oxygen atoms in total. The molecule has 1 aliphatic carbocycles. The van der Waals surface area contributed by atoms with Crippen LogP contribution in [-0.2, 0) is 11.3 Å². The number of rotatable bonds is 6. The van der Waals surface area contributed by atoms with Gasteiger partial charge in [0.2, 0.25) is 5.91 Å². The molecule has 130 valence electrons. The maximum Gasteiger partial charge on any atom is 0.237 e. The van der Waals surface area contributed by atoms with Crippen LogP contribution in [-0.4, -0.2) is 41.4 Å². The zero-order chi connectivity index (χ0) is 17.6. The van der Waals surface area contributed by atoms with Crippen molar-refractivity contribution < 1.29 is 9.18 Å². The van der Waals surface area contributed by atoms with E-state index in [4.69, 9.17) is 0 Å². The SMILES string of the molecule is CCN(CC(=O)N(C)C1(C#N)CCCCC1)Cc1cccc(F)c1. The van der Waals surface area contributed by atoms with Crippen molar-refractivity contribution in [3.63, 3.8) is 0 Å². The normalized spacial score (nSPS) is 16.6. The van der Waals surface area contributed by atoms with Crippen LogP contribution in [0.4, 0.5) is 4.39 Å². The van der Waals surface area contributed by atoms with Gasteiger partial charge in [0.1, 0.15) is 11.4 Å². The van der Waals surface area contributed by atoms with Gasteiger partial charge in [0.15, 0.2) is 0 Å². The van der Waals surface area contributed by atoms with E-state index < -0.39 is 5.54 Å². The summed E-state index contributed by atoms with van der Waals surface area (Å²) in [5.74, 6) is -0.311. The van der Waals surface area contributed by atoms with Gasteiger partial charge in [0.05, 0.1) is 12.6 Å². The molecule has 1 saturated carbocycles. The molecule has 0 bridgehead atoms. The molecule has 0 spiro atoms. The second kappa shape index (κ2) is 8.25. The molecule has 0 heterocycles. The molecule has 1 aromatic rings. The predicted octanol–water partition coefficient (Wildman–Crippen LogP) is 3.33. The van der Waals surface area contributed by atoms with Gasteiger partial charge in [-0.1, -0.05) is 38.3 Å². The van der Waals surface area contributed by atoms with Gasteiger partial charge in [0.25, 0.3) is 0 Å². The zero-order valence-electron chi connectivity index (χ0n) is 14.6. The lowest BCUT2D eigenvalue weighted by Crippen LogP contribution is -2.52. The minimum absolute atomic E-state index is 0.0447. The van der Waals surface area contributed by atoms with Crippen molar-refractivity contribution in [1.82, 2.24) is 9.80 Å². The molecule has 2 rings (SSSR count). The molecular weight excluding hydrogens is 305 g/mol. The number of likely N-dealkylation sites (N-methyl/N-ethyl adjacent to an activating group) is 2. The summed E-state index contributed by atoms with van der Waals surface area (Å²) in [6, 6.07) is 8.83. The number of hydrogen-bond donors (Lipinski definition) is 0. The first-order valence-electron chi connectivity index (χ1n) is 8.65. The fraction of sp³-hybridized carbons (Fsp3) is 0.579. The van der Waals surface area contributed by atoms with Gasteiger partial charge in [0, 0.05) is 13.6 Å². The van der Waals surface area contributed by atoms with Gasteiger partial charge in [-0.05, 0) is 37.1 Å². The average Bonchev–Trinajstić information content (AvgIpc) is 2.61. The lowest BCUT2D eigenvalue weighted by molar-refractivity contribution is -0.136. The Labute approximate surface area is 143 Å². The van der Waals surface area contributed by atoms with Crippen LogP contribution in [0.5, 0.6) is 0 Å². The van der Waals surface area contributed by atoms with Gasteiger partial charge < -0.3 is 4.90 Å². The summed E-state index contributed by atoms with van der Waals surface area (Å²) in [4.78, 5) is 16.3. The topological polar surface area (TPSA) is 47.3 Å². The van der Waals surface area contributed by atoms with Crippen molar-refractivity contribution in [2.75, 3.05) is 20.1 Å². The maximum absolute atomic E-state index is 13.3. The summed E-state index contributed by atoms with van der Waals surface area (Å²) in [6.07, 6.45) is 4.62. The first kappa shape index (κ1) is 18.4. The minimum Gasteiger partial charge on any atom is -0.326 e. The number of nitriles is 1. The molecule has 5 heteroatoms. The van der Waals surface area contributed by atoms with Crippen LogP contribution in [0.1, 0.15) is 44.6 Å². The highest BCUT2D eigenvalue weighted by Gasteiger charge is 2.38. The highest BCUT2D eigenvalue weighted by Crippen LogP contribution is 2.32. The second-order valence-corrected chi connectivity index (χ2v) is 6.59. The quantitative estimate of drug-likeness (QED) is 0.803. The van der Waals surface area contributed by atoms with Gasteiger partial charge in [-0.2, -0.15) is 5.26 Å². The van der Waals surface area contributed by atoms with E-state index in [0.29, 0.717) is 13.1 Å². The number of halogens is 1. The Morgan fingerprint density at radius 1 is 1.33 bits per heavy atom. The monoisotopic (exact) mass is 331 g/mol. The number of amides is 1. The first-order valence-corrected chi connectivity index (χ1v) is 8.65. The van der Waals surface area contributed by atoms with E-state index in [9.17, 15) is 14.4 Å². The van der Waals surface area contributed by atoms with Gasteiger partial charge in [-0.3, -0.25) is 9.69 Å². The Morgan fingerprint density at radius 3 is 2.62 bits per heavy atom. The summed E-state index contributed by atoms with van der Waals surface area (Å²) < 4.78 is 13.3. The number of carbonyl (C=O) groups excluding carboxylic acids is 1. The van der Waals surface area contributed by atoms with Crippen LogP contribution < -0.4 is 0 Å². The number of carbonyl (C=O) groups is 1. The van der Waals surface area contributed by atoms with Gasteiger partial charge in [-0.25, -0.2) is 4.39 Å². The molecule has 0 radical (unpaired) electrons. The standard InChI is InChI=1S/C19H26FN3O/c1-3-23(13-16-8-7-9-17(20)12-16)14-18(24)22(2)19(15-21)10-5-4-6-11-19/h7-9,12H,3-6,10-11,13-14H2,1-2H3. The molecule has 0 saturated heterocycles. The Balaban J connectivity index is 2.01. The molecule has 0 aromatic heterocycles. The van der Waals surface area contributed by atoms with Gasteiger partial charge in [-0.15, -0.1) is 0 Å². The third-order valence-corrected chi connectivity index (χ3v) is 5.01. The van der Waals surface area contributed by atoms with Crippen molar-refractivity contribution in [2.24, 2.45) is 0 Å². The summed E-state index contributed by atoms with van der Waals surface area (Å²) in [5, 5.41) is 9.62. The maximum atomic E-state index is 13.3. The third-order valence-electron chi connectivity index (χ3n) is 5.01. The molecule has 1 aliphatic rings. The molecule has 0 atom stereocenters. The minimum atomic E-state index is -0.659. The molecule has 1 fully saturated rings. The van der Waals surface area contributed by atoms with Crippen molar-refractivity contribution >= 4 is 5.91 Å². The first-order chi connectivity index (χ1) is 11.5. The van der Waals surface area contributed by atoms with Crippen LogP contribution in [0, 0.1) is 17.1 Å². The lowest BCUT2D eigenvalue weighted by Gasteiger charge is -2.39. The Kier molecular flexibility index (Phi) is 6.33. The molecule has 1 amide bonds. The molecule has 0 aliphatic heterocycles. The van der Waals surface area contributed by atoms with Crippen LogP contribution in [0.2, 0.25) is 0 Å². The van der Waals surface area contributed by atoms with Crippen LogP contribution >= 0.6 is 0 Å². The van der Waals surface area contributed by atoms with E-state index in [1.54, 1.807) is 18.0 Å². The van der Waals surface area contributed by atoms with E-state index in [2.05, 4.69) is 6.07 Å². The lowest BCUT2D eigenvalue weighted by atomic mass is 9.81. The average molecular weight is 331 g/mol. The number of hydrogen-bond acceptors (Lipinski definition) is 3. The van der Waals surface area contributed by atoms with Crippen molar-refractivity contribution in [3.8, 4) is 6.07 Å².